The van der Waals surface area contributed by atoms with Crippen LogP contribution in [0.5, 0.6) is 5.75 Å². The van der Waals surface area contributed by atoms with Crippen molar-refractivity contribution in [2.75, 3.05) is 5.75 Å². The molecule has 4 heteroatoms. The van der Waals surface area contributed by atoms with Gasteiger partial charge in [-0.3, -0.25) is 4.21 Å². The Balaban J connectivity index is 1.68. The van der Waals surface area contributed by atoms with Gasteiger partial charge in [-0.1, -0.05) is 17.7 Å². The summed E-state index contributed by atoms with van der Waals surface area (Å²) in [4.78, 5) is 0.828. The molecule has 0 bridgehead atoms. The number of hydrogen-bond donors (Lipinski definition) is 0. The number of aryl methyl sites for hydroxylation is 2. The lowest BCUT2D eigenvalue weighted by Crippen LogP contribution is -2.28. The van der Waals surface area contributed by atoms with E-state index in [0.717, 1.165) is 28.9 Å². The zero-order chi connectivity index (χ0) is 14.8. The molecule has 2 nitrogen and oxygen atoms in total. The van der Waals surface area contributed by atoms with Crippen LogP contribution >= 0.6 is 0 Å². The highest BCUT2D eigenvalue weighted by Crippen LogP contribution is 2.28. The number of rotatable bonds is 3. The maximum atomic E-state index is 13.2. The van der Waals surface area contributed by atoms with E-state index in [0.29, 0.717) is 11.5 Å². The second kappa shape index (κ2) is 5.98. The van der Waals surface area contributed by atoms with Gasteiger partial charge < -0.3 is 4.74 Å². The average Bonchev–Trinajstić information content (AvgIpc) is 2.48. The molecule has 0 aliphatic carbocycles. The van der Waals surface area contributed by atoms with Gasteiger partial charge in [0, 0.05) is 4.90 Å². The molecule has 0 amide bonds. The van der Waals surface area contributed by atoms with E-state index in [1.165, 1.54) is 12.1 Å². The van der Waals surface area contributed by atoms with Gasteiger partial charge >= 0.3 is 0 Å². The number of benzene rings is 2. The van der Waals surface area contributed by atoms with E-state index in [4.69, 9.17) is 4.74 Å². The van der Waals surface area contributed by atoms with E-state index in [1.54, 1.807) is 6.07 Å². The molecule has 1 aliphatic rings. The normalized spacial score (nSPS) is 18.7. The van der Waals surface area contributed by atoms with Gasteiger partial charge in [0.25, 0.3) is 0 Å². The Morgan fingerprint density at radius 1 is 1.24 bits per heavy atom. The number of hydrogen-bond acceptors (Lipinski definition) is 2. The minimum absolute atomic E-state index is 0.0786. The van der Waals surface area contributed by atoms with Gasteiger partial charge in [-0.05, 0) is 55.7 Å². The van der Waals surface area contributed by atoms with Crippen LogP contribution in [0.2, 0.25) is 0 Å². The molecule has 2 atom stereocenters. The minimum Gasteiger partial charge on any atom is -0.489 e. The summed E-state index contributed by atoms with van der Waals surface area (Å²) < 4.78 is 31.4. The smallest absolute Gasteiger partial charge is 0.123 e. The first-order valence-corrected chi connectivity index (χ1v) is 8.34. The van der Waals surface area contributed by atoms with Crippen molar-refractivity contribution in [2.45, 2.75) is 30.8 Å². The van der Waals surface area contributed by atoms with Gasteiger partial charge in [-0.2, -0.15) is 0 Å². The number of ether oxygens (including phenoxy) is 1. The molecule has 0 unspecified atom stereocenters. The summed E-state index contributed by atoms with van der Waals surface area (Å²) in [5, 5.41) is 0. The monoisotopic (exact) mass is 304 g/mol. The number of fused-ring (bicyclic) bond motifs is 1. The summed E-state index contributed by atoms with van der Waals surface area (Å²) in [7, 11) is -1.07. The molecule has 1 aliphatic heterocycles. The average molecular weight is 304 g/mol. The zero-order valence-electron chi connectivity index (χ0n) is 11.8. The van der Waals surface area contributed by atoms with E-state index in [2.05, 4.69) is 0 Å². The van der Waals surface area contributed by atoms with Crippen molar-refractivity contribution in [3.05, 3.63) is 59.4 Å². The second-order valence-electron chi connectivity index (χ2n) is 5.36. The standard InChI is InChI=1S/C17H17FO2S/c1-12-2-7-16(8-3-12)21(19)11-15-6-4-13-10-14(18)5-9-17(13)20-15/h2-3,5,7-10,15H,4,6,11H2,1H3/t15-,21+/m1/s1. The Hall–Kier alpha value is -1.68. The number of halogens is 1. The highest BCUT2D eigenvalue weighted by molar-refractivity contribution is 7.85. The van der Waals surface area contributed by atoms with Crippen LogP contribution in [-0.4, -0.2) is 16.1 Å². The Labute approximate surface area is 126 Å². The first-order chi connectivity index (χ1) is 10.1. The van der Waals surface area contributed by atoms with Gasteiger partial charge in [-0.25, -0.2) is 4.39 Å². The Kier molecular flexibility index (Phi) is 4.06. The summed E-state index contributed by atoms with van der Waals surface area (Å²) in [6, 6.07) is 12.3. The topological polar surface area (TPSA) is 26.3 Å². The van der Waals surface area contributed by atoms with Gasteiger partial charge in [0.2, 0.25) is 0 Å². The van der Waals surface area contributed by atoms with Crippen LogP contribution in [0.15, 0.2) is 47.4 Å². The van der Waals surface area contributed by atoms with E-state index in [1.807, 2.05) is 31.2 Å². The zero-order valence-corrected chi connectivity index (χ0v) is 12.7. The maximum absolute atomic E-state index is 13.2. The van der Waals surface area contributed by atoms with Crippen LogP contribution in [0.25, 0.3) is 0 Å². The van der Waals surface area contributed by atoms with Crippen LogP contribution in [0, 0.1) is 12.7 Å². The summed E-state index contributed by atoms with van der Waals surface area (Å²) in [6.07, 6.45) is 1.46. The SMILES string of the molecule is Cc1ccc([S@@](=O)C[C@H]2CCc3cc(F)ccc3O2)cc1. The van der Waals surface area contributed by atoms with Crippen LogP contribution < -0.4 is 4.74 Å². The molecule has 2 aromatic carbocycles. The highest BCUT2D eigenvalue weighted by Gasteiger charge is 2.22. The molecule has 0 fully saturated rings. The third kappa shape index (κ3) is 3.32. The Morgan fingerprint density at radius 2 is 2.00 bits per heavy atom. The van der Waals surface area contributed by atoms with E-state index >= 15 is 0 Å². The fraction of sp³-hybridized carbons (Fsp3) is 0.294. The van der Waals surface area contributed by atoms with Crippen molar-refractivity contribution in [2.24, 2.45) is 0 Å². The fourth-order valence-corrected chi connectivity index (χ4v) is 3.69. The summed E-state index contributed by atoms with van der Waals surface area (Å²) >= 11 is 0. The molecule has 3 rings (SSSR count). The quantitative estimate of drug-likeness (QED) is 0.865. The molecule has 110 valence electrons. The molecule has 21 heavy (non-hydrogen) atoms. The van der Waals surface area contributed by atoms with Crippen LogP contribution in [-0.2, 0) is 17.2 Å². The minimum atomic E-state index is -1.07. The highest BCUT2D eigenvalue weighted by atomic mass is 32.2. The van der Waals surface area contributed by atoms with E-state index < -0.39 is 10.8 Å². The van der Waals surface area contributed by atoms with Crippen molar-refractivity contribution in [1.82, 2.24) is 0 Å². The van der Waals surface area contributed by atoms with Crippen molar-refractivity contribution >= 4 is 10.8 Å². The van der Waals surface area contributed by atoms with E-state index in [-0.39, 0.29) is 11.9 Å². The lowest BCUT2D eigenvalue weighted by Gasteiger charge is -2.25. The molecular weight excluding hydrogens is 287 g/mol. The van der Waals surface area contributed by atoms with Crippen LogP contribution in [0.4, 0.5) is 4.39 Å². The molecule has 0 saturated carbocycles. The van der Waals surface area contributed by atoms with Crippen LogP contribution in [0.1, 0.15) is 17.5 Å². The summed E-state index contributed by atoms with van der Waals surface area (Å²) in [5.41, 5.74) is 2.05. The van der Waals surface area contributed by atoms with E-state index in [9.17, 15) is 8.60 Å². The third-order valence-corrected chi connectivity index (χ3v) is 5.15. The summed E-state index contributed by atoms with van der Waals surface area (Å²) in [5.74, 6) is 0.951. The fourth-order valence-electron chi connectivity index (χ4n) is 2.49. The molecule has 0 spiro atoms. The van der Waals surface area contributed by atoms with Gasteiger partial charge in [0.05, 0.1) is 16.6 Å². The van der Waals surface area contributed by atoms with Gasteiger partial charge in [0.15, 0.2) is 0 Å². The first kappa shape index (κ1) is 14.3. The van der Waals surface area contributed by atoms with Gasteiger partial charge in [-0.15, -0.1) is 0 Å². The molecule has 0 aromatic heterocycles. The molecule has 0 radical (unpaired) electrons. The molecular formula is C17H17FO2S. The maximum Gasteiger partial charge on any atom is 0.123 e. The molecule has 0 N–H and O–H groups in total. The lowest BCUT2D eigenvalue weighted by molar-refractivity contribution is 0.195. The van der Waals surface area contributed by atoms with Crippen molar-refractivity contribution in [3.8, 4) is 5.75 Å². The van der Waals surface area contributed by atoms with Crippen LogP contribution in [0.3, 0.4) is 0 Å². The molecule has 2 aromatic rings. The Morgan fingerprint density at radius 3 is 2.76 bits per heavy atom. The Bertz CT molecular complexity index is 667. The largest absolute Gasteiger partial charge is 0.489 e. The summed E-state index contributed by atoms with van der Waals surface area (Å²) in [6.45, 7) is 2.01. The lowest BCUT2D eigenvalue weighted by atomic mass is 10.0. The van der Waals surface area contributed by atoms with Crippen molar-refractivity contribution in [3.63, 3.8) is 0 Å². The van der Waals surface area contributed by atoms with Crippen molar-refractivity contribution < 1.29 is 13.3 Å². The predicted molar refractivity (Wildman–Crippen MR) is 81.6 cm³/mol. The predicted octanol–water partition coefficient (Wildman–Crippen LogP) is 3.64. The molecule has 0 saturated heterocycles. The first-order valence-electron chi connectivity index (χ1n) is 7.02. The van der Waals surface area contributed by atoms with Crippen molar-refractivity contribution in [1.29, 1.82) is 0 Å². The van der Waals surface area contributed by atoms with Gasteiger partial charge in [0.1, 0.15) is 17.7 Å². The third-order valence-electron chi connectivity index (χ3n) is 3.67. The second-order valence-corrected chi connectivity index (χ2v) is 6.85. The molecule has 1 heterocycles.